The maximum absolute atomic E-state index is 5.28. The number of hydrogen-bond donors (Lipinski definition) is 0. The molecule has 2 aromatic heterocycles. The molecular formula is C23H22N2O. The Bertz CT molecular complexity index is 1050. The summed E-state index contributed by atoms with van der Waals surface area (Å²) in [6.45, 7) is 5.19. The van der Waals surface area contributed by atoms with Crippen molar-refractivity contribution < 1.29 is 4.74 Å². The second kappa shape index (κ2) is 6.68. The monoisotopic (exact) mass is 342 g/mol. The maximum Gasteiger partial charge on any atom is 0.118 e. The fourth-order valence-corrected chi connectivity index (χ4v) is 3.51. The van der Waals surface area contributed by atoms with Crippen molar-refractivity contribution in [3.63, 3.8) is 0 Å². The summed E-state index contributed by atoms with van der Waals surface area (Å²) in [6.07, 6.45) is 1.91. The van der Waals surface area contributed by atoms with Gasteiger partial charge in [-0.15, -0.1) is 0 Å². The van der Waals surface area contributed by atoms with Crippen molar-refractivity contribution in [2.45, 2.75) is 20.4 Å². The van der Waals surface area contributed by atoms with Crippen LogP contribution in [0.5, 0.6) is 5.75 Å². The van der Waals surface area contributed by atoms with Gasteiger partial charge in [0, 0.05) is 29.4 Å². The number of fused-ring (bicyclic) bond motifs is 1. The molecule has 0 saturated carbocycles. The molecule has 0 fully saturated rings. The fraction of sp³-hybridized carbons (Fsp3) is 0.174. The number of aromatic nitrogens is 2. The van der Waals surface area contributed by atoms with Gasteiger partial charge in [0.2, 0.25) is 0 Å². The summed E-state index contributed by atoms with van der Waals surface area (Å²) in [5, 5.41) is 1.27. The molecule has 0 bridgehead atoms. The zero-order valence-electron chi connectivity index (χ0n) is 15.4. The predicted molar refractivity (Wildman–Crippen MR) is 107 cm³/mol. The molecule has 4 aromatic rings. The zero-order valence-corrected chi connectivity index (χ0v) is 15.4. The van der Waals surface area contributed by atoms with E-state index in [0.717, 1.165) is 23.6 Å². The summed E-state index contributed by atoms with van der Waals surface area (Å²) in [5.41, 5.74) is 7.21. The highest BCUT2D eigenvalue weighted by Crippen LogP contribution is 2.32. The Hall–Kier alpha value is -3.07. The van der Waals surface area contributed by atoms with Gasteiger partial charge in [-0.1, -0.05) is 42.5 Å². The highest BCUT2D eigenvalue weighted by Gasteiger charge is 2.16. The molecule has 3 nitrogen and oxygen atoms in total. The molecule has 3 heteroatoms. The van der Waals surface area contributed by atoms with Gasteiger partial charge in [0.05, 0.1) is 18.3 Å². The molecule has 0 radical (unpaired) electrons. The average molecular weight is 342 g/mol. The average Bonchev–Trinajstić information content (AvgIpc) is 2.94. The van der Waals surface area contributed by atoms with Crippen LogP contribution in [0.2, 0.25) is 0 Å². The summed E-state index contributed by atoms with van der Waals surface area (Å²) >= 11 is 0. The minimum Gasteiger partial charge on any atom is -0.497 e. The molecule has 0 N–H and O–H groups in total. The van der Waals surface area contributed by atoms with Gasteiger partial charge < -0.3 is 9.30 Å². The van der Waals surface area contributed by atoms with Crippen molar-refractivity contribution in [3.05, 3.63) is 83.7 Å². The lowest BCUT2D eigenvalue weighted by Crippen LogP contribution is -2.03. The van der Waals surface area contributed by atoms with Gasteiger partial charge in [0.25, 0.3) is 0 Å². The molecule has 0 atom stereocenters. The van der Waals surface area contributed by atoms with E-state index < -0.39 is 0 Å². The lowest BCUT2D eigenvalue weighted by atomic mass is 10.1. The number of rotatable bonds is 4. The molecule has 26 heavy (non-hydrogen) atoms. The highest BCUT2D eigenvalue weighted by atomic mass is 16.5. The fourth-order valence-electron chi connectivity index (χ4n) is 3.51. The van der Waals surface area contributed by atoms with Gasteiger partial charge in [-0.05, 0) is 43.2 Å². The van der Waals surface area contributed by atoms with Crippen LogP contribution >= 0.6 is 0 Å². The Kier molecular flexibility index (Phi) is 4.21. The molecule has 0 unspecified atom stereocenters. The first-order chi connectivity index (χ1) is 12.7. The smallest absolute Gasteiger partial charge is 0.118 e. The lowest BCUT2D eigenvalue weighted by molar-refractivity contribution is 0.414. The van der Waals surface area contributed by atoms with E-state index in [4.69, 9.17) is 9.72 Å². The molecule has 0 saturated heterocycles. The largest absolute Gasteiger partial charge is 0.497 e. The lowest BCUT2D eigenvalue weighted by Gasteiger charge is -2.12. The number of methoxy groups -OCH3 is 1. The molecule has 0 aliphatic carbocycles. The van der Waals surface area contributed by atoms with Crippen molar-refractivity contribution in [1.29, 1.82) is 0 Å². The first kappa shape index (κ1) is 16.4. The topological polar surface area (TPSA) is 27.1 Å². The van der Waals surface area contributed by atoms with Gasteiger partial charge >= 0.3 is 0 Å². The van der Waals surface area contributed by atoms with E-state index in [1.54, 1.807) is 7.11 Å². The van der Waals surface area contributed by atoms with E-state index in [0.29, 0.717) is 0 Å². The number of pyridine rings is 1. The van der Waals surface area contributed by atoms with Crippen LogP contribution in [0.4, 0.5) is 0 Å². The van der Waals surface area contributed by atoms with Crippen LogP contribution in [0.25, 0.3) is 22.2 Å². The van der Waals surface area contributed by atoms with Gasteiger partial charge in [-0.25, -0.2) is 0 Å². The summed E-state index contributed by atoms with van der Waals surface area (Å²) in [5.74, 6) is 0.880. The Morgan fingerprint density at radius 3 is 2.35 bits per heavy atom. The van der Waals surface area contributed by atoms with E-state index in [1.165, 1.54) is 27.7 Å². The van der Waals surface area contributed by atoms with Gasteiger partial charge in [-0.2, -0.15) is 0 Å². The Morgan fingerprint density at radius 1 is 0.923 bits per heavy atom. The second-order valence-corrected chi connectivity index (χ2v) is 6.57. The Morgan fingerprint density at radius 2 is 1.65 bits per heavy atom. The summed E-state index contributed by atoms with van der Waals surface area (Å²) in [4.78, 5) is 4.72. The van der Waals surface area contributed by atoms with Gasteiger partial charge in [-0.3, -0.25) is 4.98 Å². The SMILES string of the molecule is COc1ccc(Cn2c(C)c(C)c3ccnc(-c4ccccc4)c32)cc1. The summed E-state index contributed by atoms with van der Waals surface area (Å²) in [6, 6.07) is 20.8. The van der Waals surface area contributed by atoms with E-state index in [1.807, 2.05) is 24.4 Å². The van der Waals surface area contributed by atoms with E-state index in [9.17, 15) is 0 Å². The van der Waals surface area contributed by atoms with E-state index in [2.05, 4.69) is 60.9 Å². The summed E-state index contributed by atoms with van der Waals surface area (Å²) < 4.78 is 7.65. The summed E-state index contributed by atoms with van der Waals surface area (Å²) in [7, 11) is 1.69. The van der Waals surface area contributed by atoms with E-state index in [-0.39, 0.29) is 0 Å². The molecule has 2 aromatic carbocycles. The van der Waals surface area contributed by atoms with Crippen molar-refractivity contribution in [1.82, 2.24) is 9.55 Å². The van der Waals surface area contributed by atoms with Crippen LogP contribution < -0.4 is 4.74 Å². The standard InChI is InChI=1S/C23H22N2O/c1-16-17(2)25(15-18-9-11-20(26-3)12-10-18)23-21(16)13-14-24-22(23)19-7-5-4-6-8-19/h4-14H,15H2,1-3H3. The normalized spacial score (nSPS) is 11.0. The first-order valence-corrected chi connectivity index (χ1v) is 8.82. The van der Waals surface area contributed by atoms with Crippen LogP contribution in [-0.4, -0.2) is 16.7 Å². The maximum atomic E-state index is 5.28. The van der Waals surface area contributed by atoms with Crippen LogP contribution in [-0.2, 0) is 6.54 Å². The third-order valence-corrected chi connectivity index (χ3v) is 5.09. The van der Waals surface area contributed by atoms with Gasteiger partial charge in [0.15, 0.2) is 0 Å². The third-order valence-electron chi connectivity index (χ3n) is 5.09. The van der Waals surface area contributed by atoms with Crippen LogP contribution in [0, 0.1) is 13.8 Å². The number of aryl methyl sites for hydroxylation is 1. The van der Waals surface area contributed by atoms with Crippen molar-refractivity contribution >= 4 is 10.9 Å². The molecule has 130 valence electrons. The van der Waals surface area contributed by atoms with Crippen molar-refractivity contribution in [2.75, 3.05) is 7.11 Å². The Balaban J connectivity index is 1.89. The molecule has 2 heterocycles. The van der Waals surface area contributed by atoms with Crippen LogP contribution in [0.15, 0.2) is 66.9 Å². The Labute approximate surface area is 153 Å². The highest BCUT2D eigenvalue weighted by molar-refractivity contribution is 5.95. The van der Waals surface area contributed by atoms with E-state index >= 15 is 0 Å². The number of nitrogens with zero attached hydrogens (tertiary/aromatic N) is 2. The molecular weight excluding hydrogens is 320 g/mol. The molecule has 0 spiro atoms. The minimum absolute atomic E-state index is 0.811. The first-order valence-electron chi connectivity index (χ1n) is 8.82. The molecule has 4 rings (SSSR count). The van der Waals surface area contributed by atoms with Crippen molar-refractivity contribution in [3.8, 4) is 17.0 Å². The minimum atomic E-state index is 0.811. The number of ether oxygens (including phenoxy) is 1. The quantitative estimate of drug-likeness (QED) is 0.498. The van der Waals surface area contributed by atoms with Crippen LogP contribution in [0.3, 0.4) is 0 Å². The zero-order chi connectivity index (χ0) is 18.1. The second-order valence-electron chi connectivity index (χ2n) is 6.57. The van der Waals surface area contributed by atoms with Gasteiger partial charge in [0.1, 0.15) is 5.75 Å². The molecule has 0 aliphatic rings. The third kappa shape index (κ3) is 2.76. The molecule has 0 aliphatic heterocycles. The van der Waals surface area contributed by atoms with Crippen molar-refractivity contribution in [2.24, 2.45) is 0 Å². The number of hydrogen-bond acceptors (Lipinski definition) is 2. The van der Waals surface area contributed by atoms with Crippen LogP contribution in [0.1, 0.15) is 16.8 Å². The number of benzene rings is 2. The predicted octanol–water partition coefficient (Wildman–Crippen LogP) is 5.38. The molecule has 0 amide bonds.